The Morgan fingerprint density at radius 2 is 2.18 bits per heavy atom. The molecule has 94 valence electrons. The smallest absolute Gasteiger partial charge is 0.147 e. The second-order valence-electron chi connectivity index (χ2n) is 4.07. The molecule has 0 amide bonds. The van der Waals surface area contributed by atoms with Crippen LogP contribution in [0.25, 0.3) is 0 Å². The van der Waals surface area contributed by atoms with Gasteiger partial charge in [0.25, 0.3) is 0 Å². The number of halogens is 2. The van der Waals surface area contributed by atoms with E-state index in [0.717, 1.165) is 6.42 Å². The Morgan fingerprint density at radius 3 is 2.88 bits per heavy atom. The molecule has 1 atom stereocenters. The summed E-state index contributed by atoms with van der Waals surface area (Å²) >= 11 is 0. The van der Waals surface area contributed by atoms with Gasteiger partial charge in [-0.3, -0.25) is 0 Å². The fourth-order valence-corrected chi connectivity index (χ4v) is 1.67. The summed E-state index contributed by atoms with van der Waals surface area (Å²) in [5.74, 6) is -0.863. The lowest BCUT2D eigenvalue weighted by atomic mass is 10.2. The molecule has 1 aromatic carbocycles. The zero-order chi connectivity index (χ0) is 12.3. The third-order valence-electron chi connectivity index (χ3n) is 2.74. The van der Waals surface area contributed by atoms with Crippen molar-refractivity contribution in [2.75, 3.05) is 25.3 Å². The monoisotopic (exact) mass is 243 g/mol. The first-order valence-electron chi connectivity index (χ1n) is 5.55. The summed E-state index contributed by atoms with van der Waals surface area (Å²) in [6.45, 7) is 2.88. The number of rotatable bonds is 3. The second-order valence-corrected chi connectivity index (χ2v) is 4.07. The maximum atomic E-state index is 13.5. The van der Waals surface area contributed by atoms with Gasteiger partial charge in [0.05, 0.1) is 18.4 Å². The first-order valence-corrected chi connectivity index (χ1v) is 5.55. The average Bonchev–Trinajstić information content (AvgIpc) is 2.33. The lowest BCUT2D eigenvalue weighted by Gasteiger charge is -2.23. The third-order valence-corrected chi connectivity index (χ3v) is 2.74. The summed E-state index contributed by atoms with van der Waals surface area (Å²) in [7, 11) is 0. The molecule has 1 N–H and O–H groups in total. The topological polar surface area (TPSA) is 30.5 Å². The van der Waals surface area contributed by atoms with Crippen LogP contribution in [0.3, 0.4) is 0 Å². The number of hydrogen-bond acceptors (Lipinski definition) is 3. The summed E-state index contributed by atoms with van der Waals surface area (Å²) in [6, 6.07) is 2.35. The molecule has 1 unspecified atom stereocenters. The van der Waals surface area contributed by atoms with E-state index in [4.69, 9.17) is 9.47 Å². The predicted octanol–water partition coefficient (Wildman–Crippen LogP) is 2.45. The normalized spacial score (nSPS) is 20.3. The quantitative estimate of drug-likeness (QED) is 0.884. The lowest BCUT2D eigenvalue weighted by molar-refractivity contribution is -0.133. The van der Waals surface area contributed by atoms with Crippen molar-refractivity contribution >= 4 is 5.69 Å². The van der Waals surface area contributed by atoms with Gasteiger partial charge in [0.1, 0.15) is 18.4 Å². The van der Waals surface area contributed by atoms with Crippen molar-refractivity contribution in [1.29, 1.82) is 0 Å². The minimum atomic E-state index is -0.448. The molecule has 0 radical (unpaired) electrons. The Hall–Kier alpha value is -1.20. The van der Waals surface area contributed by atoms with Gasteiger partial charge in [-0.25, -0.2) is 8.78 Å². The van der Waals surface area contributed by atoms with Crippen LogP contribution < -0.4 is 5.32 Å². The first-order chi connectivity index (χ1) is 8.16. The van der Waals surface area contributed by atoms with E-state index in [2.05, 4.69) is 5.32 Å². The van der Waals surface area contributed by atoms with Gasteiger partial charge in [-0.2, -0.15) is 0 Å². The van der Waals surface area contributed by atoms with Gasteiger partial charge >= 0.3 is 0 Å². The molecule has 1 aromatic rings. The van der Waals surface area contributed by atoms with Crippen LogP contribution in [0, 0.1) is 18.6 Å². The number of anilines is 1. The van der Waals surface area contributed by atoms with E-state index in [9.17, 15) is 8.78 Å². The van der Waals surface area contributed by atoms with Crippen LogP contribution in [0.5, 0.6) is 0 Å². The van der Waals surface area contributed by atoms with Crippen molar-refractivity contribution in [1.82, 2.24) is 0 Å². The van der Waals surface area contributed by atoms with Crippen molar-refractivity contribution in [2.24, 2.45) is 0 Å². The Bertz CT molecular complexity index is 392. The Labute approximate surface area is 98.7 Å². The highest BCUT2D eigenvalue weighted by Crippen LogP contribution is 2.19. The molecule has 0 aliphatic carbocycles. The van der Waals surface area contributed by atoms with Gasteiger partial charge in [0.15, 0.2) is 0 Å². The average molecular weight is 243 g/mol. The molecular formula is C12H15F2NO2. The molecule has 2 rings (SSSR count). The van der Waals surface area contributed by atoms with Gasteiger partial charge in [-0.1, -0.05) is 0 Å². The fraction of sp³-hybridized carbons (Fsp3) is 0.500. The predicted molar refractivity (Wildman–Crippen MR) is 59.9 cm³/mol. The number of nitrogens with one attached hydrogen (secondary N) is 1. The van der Waals surface area contributed by atoms with Gasteiger partial charge in [-0.15, -0.1) is 0 Å². The van der Waals surface area contributed by atoms with Crippen LogP contribution in [0.15, 0.2) is 12.1 Å². The van der Waals surface area contributed by atoms with Crippen LogP contribution in [0.2, 0.25) is 0 Å². The van der Waals surface area contributed by atoms with Crippen molar-refractivity contribution < 1.29 is 18.3 Å². The zero-order valence-electron chi connectivity index (χ0n) is 9.63. The summed E-state index contributed by atoms with van der Waals surface area (Å²) in [6.07, 6.45) is 0.732. The maximum Gasteiger partial charge on any atom is 0.147 e. The van der Waals surface area contributed by atoms with E-state index < -0.39 is 11.6 Å². The van der Waals surface area contributed by atoms with Crippen molar-refractivity contribution in [3.63, 3.8) is 0 Å². The van der Waals surface area contributed by atoms with Crippen LogP contribution in [0.4, 0.5) is 14.5 Å². The van der Waals surface area contributed by atoms with Gasteiger partial charge in [-0.05, 0) is 25.0 Å². The highest BCUT2D eigenvalue weighted by Gasteiger charge is 2.15. The number of hydrogen-bond donors (Lipinski definition) is 1. The Balaban J connectivity index is 1.96. The Kier molecular flexibility index (Phi) is 3.91. The minimum Gasteiger partial charge on any atom is -0.380 e. The van der Waals surface area contributed by atoms with E-state index in [-0.39, 0.29) is 18.6 Å². The molecule has 0 spiro atoms. The molecule has 1 saturated heterocycles. The van der Waals surface area contributed by atoms with Crippen molar-refractivity contribution in [3.8, 4) is 0 Å². The number of benzene rings is 1. The summed E-state index contributed by atoms with van der Waals surface area (Å²) in [4.78, 5) is 0. The van der Waals surface area contributed by atoms with Gasteiger partial charge in [0, 0.05) is 12.6 Å². The lowest BCUT2D eigenvalue weighted by Crippen LogP contribution is -2.30. The molecule has 0 bridgehead atoms. The second kappa shape index (κ2) is 5.42. The summed E-state index contributed by atoms with van der Waals surface area (Å²) < 4.78 is 37.1. The van der Waals surface area contributed by atoms with Gasteiger partial charge < -0.3 is 14.8 Å². The summed E-state index contributed by atoms with van der Waals surface area (Å²) in [5.41, 5.74) is 0.471. The zero-order valence-corrected chi connectivity index (χ0v) is 9.63. The molecule has 1 heterocycles. The van der Waals surface area contributed by atoms with E-state index in [1.165, 1.54) is 19.1 Å². The molecule has 1 aliphatic heterocycles. The molecule has 1 fully saturated rings. The molecule has 5 heteroatoms. The van der Waals surface area contributed by atoms with Crippen LogP contribution in [0.1, 0.15) is 12.0 Å². The van der Waals surface area contributed by atoms with E-state index in [1.807, 2.05) is 0 Å². The molecule has 3 nitrogen and oxygen atoms in total. The SMILES string of the molecule is Cc1cc(F)c(NCC2CCOCO2)cc1F. The summed E-state index contributed by atoms with van der Waals surface area (Å²) in [5, 5.41) is 2.86. The minimum absolute atomic E-state index is 0.0208. The highest BCUT2D eigenvalue weighted by atomic mass is 19.1. The number of aryl methyl sites for hydroxylation is 1. The van der Waals surface area contributed by atoms with Gasteiger partial charge in [0.2, 0.25) is 0 Å². The molecule has 0 aromatic heterocycles. The van der Waals surface area contributed by atoms with Crippen LogP contribution in [-0.2, 0) is 9.47 Å². The van der Waals surface area contributed by atoms with E-state index in [1.54, 1.807) is 0 Å². The largest absolute Gasteiger partial charge is 0.380 e. The number of ether oxygens (including phenoxy) is 2. The molecule has 1 aliphatic rings. The van der Waals surface area contributed by atoms with Crippen LogP contribution in [-0.4, -0.2) is 26.0 Å². The standard InChI is InChI=1S/C12H15F2NO2/c1-8-4-11(14)12(5-10(8)13)15-6-9-2-3-16-7-17-9/h4-5,9,15H,2-3,6-7H2,1H3. The highest BCUT2D eigenvalue weighted by molar-refractivity contribution is 5.46. The third kappa shape index (κ3) is 3.14. The fourth-order valence-electron chi connectivity index (χ4n) is 1.67. The molecular weight excluding hydrogens is 228 g/mol. The first kappa shape index (κ1) is 12.3. The molecule has 17 heavy (non-hydrogen) atoms. The van der Waals surface area contributed by atoms with E-state index >= 15 is 0 Å². The Morgan fingerprint density at radius 1 is 1.35 bits per heavy atom. The van der Waals surface area contributed by atoms with E-state index in [0.29, 0.717) is 18.7 Å². The molecule has 0 saturated carbocycles. The van der Waals surface area contributed by atoms with Crippen molar-refractivity contribution in [2.45, 2.75) is 19.4 Å². The van der Waals surface area contributed by atoms with Crippen LogP contribution >= 0.6 is 0 Å². The van der Waals surface area contributed by atoms with Crippen molar-refractivity contribution in [3.05, 3.63) is 29.3 Å². The maximum absolute atomic E-state index is 13.5.